The molecule has 1 heterocycles. The Labute approximate surface area is 83.3 Å². The summed E-state index contributed by atoms with van der Waals surface area (Å²) in [7, 11) is 0. The van der Waals surface area contributed by atoms with Crippen LogP contribution in [0.4, 0.5) is 0 Å². The Bertz CT molecular complexity index is 147. The number of allylic oxidation sites excluding steroid dienone is 1. The number of hydrogen-bond donors (Lipinski definition) is 0. The normalized spacial score (nSPS) is 23.3. The van der Waals surface area contributed by atoms with Gasteiger partial charge in [-0.3, -0.25) is 0 Å². The minimum atomic E-state index is 0.708. The molecule has 0 N–H and O–H groups in total. The van der Waals surface area contributed by atoms with E-state index in [4.69, 9.17) is 4.74 Å². The molecule has 0 amide bonds. The lowest BCUT2D eigenvalue weighted by atomic mass is 10.4. The fraction of sp³-hybridized carbons (Fsp3) is 0.778. The van der Waals surface area contributed by atoms with Gasteiger partial charge in [-0.15, -0.1) is 0 Å². The number of hydrogen-bond acceptors (Lipinski definition) is 3. The topological polar surface area (TPSA) is 9.23 Å². The molecule has 1 fully saturated rings. The van der Waals surface area contributed by atoms with Gasteiger partial charge in [0.1, 0.15) is 0 Å². The summed E-state index contributed by atoms with van der Waals surface area (Å²) < 4.78 is 5.44. The van der Waals surface area contributed by atoms with Crippen molar-refractivity contribution in [2.45, 2.75) is 19.1 Å². The molecule has 3 heteroatoms. The van der Waals surface area contributed by atoms with Gasteiger partial charge < -0.3 is 4.74 Å². The van der Waals surface area contributed by atoms with Crippen LogP contribution in [-0.2, 0) is 4.74 Å². The van der Waals surface area contributed by atoms with Gasteiger partial charge in [0.2, 0.25) is 0 Å². The molecular formula is C9H16OS2. The van der Waals surface area contributed by atoms with Gasteiger partial charge in [0, 0.05) is 22.5 Å². The lowest BCUT2D eigenvalue weighted by Crippen LogP contribution is -2.18. The average molecular weight is 204 g/mol. The van der Waals surface area contributed by atoms with E-state index in [1.807, 2.05) is 29.8 Å². The summed E-state index contributed by atoms with van der Waals surface area (Å²) >= 11 is 4.08. The standard InChI is InChI=1S/C9H16OS2/c1-8(2)5-10-6-9-7-11-3-4-12-9/h5,9H,3-4,6-7H2,1-2H3. The molecule has 1 nitrogen and oxygen atoms in total. The molecule has 0 spiro atoms. The van der Waals surface area contributed by atoms with Gasteiger partial charge in [-0.2, -0.15) is 23.5 Å². The molecule has 0 aliphatic carbocycles. The third-order valence-electron chi connectivity index (χ3n) is 1.49. The highest BCUT2D eigenvalue weighted by Gasteiger charge is 2.13. The first kappa shape index (κ1) is 10.3. The maximum absolute atomic E-state index is 5.44. The summed E-state index contributed by atoms with van der Waals surface area (Å²) in [6, 6.07) is 0. The molecule has 1 aliphatic rings. The van der Waals surface area contributed by atoms with Gasteiger partial charge in [0.05, 0.1) is 12.9 Å². The van der Waals surface area contributed by atoms with Crippen LogP contribution in [0.15, 0.2) is 11.8 Å². The number of rotatable bonds is 3. The van der Waals surface area contributed by atoms with E-state index in [0.717, 1.165) is 6.61 Å². The molecule has 1 rings (SSSR count). The van der Waals surface area contributed by atoms with E-state index >= 15 is 0 Å². The van der Waals surface area contributed by atoms with Crippen LogP contribution in [0.1, 0.15) is 13.8 Å². The second kappa shape index (κ2) is 5.81. The molecule has 70 valence electrons. The zero-order chi connectivity index (χ0) is 8.81. The van der Waals surface area contributed by atoms with Crippen molar-refractivity contribution < 1.29 is 4.74 Å². The molecule has 0 bridgehead atoms. The van der Waals surface area contributed by atoms with Crippen molar-refractivity contribution in [1.29, 1.82) is 0 Å². The van der Waals surface area contributed by atoms with E-state index in [0.29, 0.717) is 5.25 Å². The largest absolute Gasteiger partial charge is 0.500 e. The van der Waals surface area contributed by atoms with Gasteiger partial charge in [0.15, 0.2) is 0 Å². The SMILES string of the molecule is CC(C)=COCC1CSCCS1. The first-order valence-electron chi connectivity index (χ1n) is 4.23. The van der Waals surface area contributed by atoms with Crippen molar-refractivity contribution in [2.75, 3.05) is 23.9 Å². The van der Waals surface area contributed by atoms with Crippen molar-refractivity contribution in [3.05, 3.63) is 11.8 Å². The highest BCUT2D eigenvalue weighted by Crippen LogP contribution is 2.24. The average Bonchev–Trinajstić information content (AvgIpc) is 2.05. The Kier molecular flexibility index (Phi) is 5.00. The van der Waals surface area contributed by atoms with Crippen molar-refractivity contribution >= 4 is 23.5 Å². The Morgan fingerprint density at radius 2 is 2.33 bits per heavy atom. The van der Waals surface area contributed by atoms with Crippen LogP contribution in [0, 0.1) is 0 Å². The van der Waals surface area contributed by atoms with Gasteiger partial charge in [-0.25, -0.2) is 0 Å². The quantitative estimate of drug-likeness (QED) is 0.654. The van der Waals surface area contributed by atoms with Crippen LogP contribution in [0.3, 0.4) is 0 Å². The van der Waals surface area contributed by atoms with E-state index in [1.165, 1.54) is 22.8 Å². The third-order valence-corrected chi connectivity index (χ3v) is 4.30. The predicted molar refractivity (Wildman–Crippen MR) is 59.0 cm³/mol. The molecule has 12 heavy (non-hydrogen) atoms. The minimum Gasteiger partial charge on any atom is -0.500 e. The highest BCUT2D eigenvalue weighted by molar-refractivity contribution is 8.06. The Balaban J connectivity index is 2.09. The fourth-order valence-corrected chi connectivity index (χ4v) is 3.52. The van der Waals surface area contributed by atoms with Crippen LogP contribution in [0.2, 0.25) is 0 Å². The van der Waals surface area contributed by atoms with E-state index in [-0.39, 0.29) is 0 Å². The van der Waals surface area contributed by atoms with Gasteiger partial charge in [-0.05, 0) is 19.4 Å². The number of thioether (sulfide) groups is 2. The van der Waals surface area contributed by atoms with Crippen LogP contribution < -0.4 is 0 Å². The maximum atomic E-state index is 5.44. The van der Waals surface area contributed by atoms with Gasteiger partial charge in [-0.1, -0.05) is 0 Å². The third kappa shape index (κ3) is 4.31. The van der Waals surface area contributed by atoms with Crippen LogP contribution in [0.5, 0.6) is 0 Å². The van der Waals surface area contributed by atoms with E-state index in [1.54, 1.807) is 0 Å². The highest BCUT2D eigenvalue weighted by atomic mass is 32.2. The molecule has 1 atom stereocenters. The summed E-state index contributed by atoms with van der Waals surface area (Å²) in [5.41, 5.74) is 1.24. The van der Waals surface area contributed by atoms with Crippen LogP contribution >= 0.6 is 23.5 Å². The molecule has 1 unspecified atom stereocenters. The molecule has 1 saturated heterocycles. The molecule has 0 saturated carbocycles. The van der Waals surface area contributed by atoms with Crippen molar-refractivity contribution in [2.24, 2.45) is 0 Å². The summed E-state index contributed by atoms with van der Waals surface area (Å²) in [5, 5.41) is 0.708. The zero-order valence-corrected chi connectivity index (χ0v) is 9.34. The van der Waals surface area contributed by atoms with Crippen molar-refractivity contribution in [1.82, 2.24) is 0 Å². The Hall–Kier alpha value is 0.240. The van der Waals surface area contributed by atoms with Crippen LogP contribution in [-0.4, -0.2) is 29.1 Å². The smallest absolute Gasteiger partial charge is 0.0999 e. The number of ether oxygens (including phenoxy) is 1. The molecule has 0 aromatic carbocycles. The molecule has 1 aliphatic heterocycles. The van der Waals surface area contributed by atoms with E-state index < -0.39 is 0 Å². The van der Waals surface area contributed by atoms with Crippen molar-refractivity contribution in [3.63, 3.8) is 0 Å². The summed E-state index contributed by atoms with van der Waals surface area (Å²) in [6.45, 7) is 4.99. The summed E-state index contributed by atoms with van der Waals surface area (Å²) in [4.78, 5) is 0. The summed E-state index contributed by atoms with van der Waals surface area (Å²) in [5.74, 6) is 3.85. The first-order chi connectivity index (χ1) is 5.79. The first-order valence-corrected chi connectivity index (χ1v) is 6.43. The second-order valence-corrected chi connectivity index (χ2v) is 5.65. The zero-order valence-electron chi connectivity index (χ0n) is 7.71. The fourth-order valence-electron chi connectivity index (χ4n) is 0.955. The lowest BCUT2D eigenvalue weighted by Gasteiger charge is -2.20. The van der Waals surface area contributed by atoms with Crippen LogP contribution in [0.25, 0.3) is 0 Å². The maximum Gasteiger partial charge on any atom is 0.0999 e. The van der Waals surface area contributed by atoms with E-state index in [9.17, 15) is 0 Å². The molecule has 0 aromatic heterocycles. The monoisotopic (exact) mass is 204 g/mol. The summed E-state index contributed by atoms with van der Waals surface area (Å²) in [6.07, 6.45) is 1.86. The minimum absolute atomic E-state index is 0.708. The Morgan fingerprint density at radius 3 is 2.92 bits per heavy atom. The van der Waals surface area contributed by atoms with Crippen molar-refractivity contribution in [3.8, 4) is 0 Å². The Morgan fingerprint density at radius 1 is 1.50 bits per heavy atom. The molecule has 0 aromatic rings. The molecule has 0 radical (unpaired) electrons. The van der Waals surface area contributed by atoms with E-state index in [2.05, 4.69) is 13.8 Å². The second-order valence-electron chi connectivity index (χ2n) is 3.10. The molecular weight excluding hydrogens is 188 g/mol. The lowest BCUT2D eigenvalue weighted by molar-refractivity contribution is 0.252. The van der Waals surface area contributed by atoms with Gasteiger partial charge in [0.25, 0.3) is 0 Å². The predicted octanol–water partition coefficient (Wildman–Crippen LogP) is 2.78. The van der Waals surface area contributed by atoms with Gasteiger partial charge >= 0.3 is 0 Å².